The second kappa shape index (κ2) is 4.27. The Morgan fingerprint density at radius 3 is 3.13 bits per heavy atom. The molecule has 0 radical (unpaired) electrons. The molecule has 1 aliphatic heterocycles. The van der Waals surface area contributed by atoms with Gasteiger partial charge in [0, 0.05) is 6.20 Å². The van der Waals surface area contributed by atoms with E-state index in [1.807, 2.05) is 26.0 Å². The number of hydrogen-bond donors (Lipinski definition) is 1. The fourth-order valence-corrected chi connectivity index (χ4v) is 1.30. The lowest BCUT2D eigenvalue weighted by Crippen LogP contribution is -2.17. The molecule has 1 aliphatic rings. The van der Waals surface area contributed by atoms with Gasteiger partial charge in [-0.2, -0.15) is 0 Å². The third-order valence-electron chi connectivity index (χ3n) is 1.92. The van der Waals surface area contributed by atoms with Gasteiger partial charge in [0.1, 0.15) is 11.7 Å². The summed E-state index contributed by atoms with van der Waals surface area (Å²) in [4.78, 5) is 13.6. The third-order valence-corrected chi connectivity index (χ3v) is 1.92. The molecule has 0 fully saturated rings. The molecule has 0 unspecified atom stereocenters. The number of nitrogens with zero attached hydrogens (tertiary/aromatic N) is 2. The van der Waals surface area contributed by atoms with Crippen LogP contribution >= 0.6 is 0 Å². The van der Waals surface area contributed by atoms with Gasteiger partial charge in [-0.25, -0.2) is 9.98 Å². The molecule has 1 aromatic heterocycles. The van der Waals surface area contributed by atoms with Crippen molar-refractivity contribution < 1.29 is 9.57 Å². The van der Waals surface area contributed by atoms with Crippen molar-refractivity contribution in [1.82, 2.24) is 10.5 Å². The van der Waals surface area contributed by atoms with Crippen molar-refractivity contribution in [2.75, 3.05) is 6.61 Å². The van der Waals surface area contributed by atoms with Crippen molar-refractivity contribution >= 4 is 5.90 Å². The maximum atomic E-state index is 5.38. The average Bonchev–Trinajstić information content (AvgIpc) is 2.66. The highest BCUT2D eigenvalue weighted by Crippen LogP contribution is 2.18. The van der Waals surface area contributed by atoms with Gasteiger partial charge in [-0.15, -0.1) is 5.48 Å². The first-order chi connectivity index (χ1) is 7.31. The van der Waals surface area contributed by atoms with Crippen LogP contribution in [0, 0.1) is 0 Å². The number of aliphatic imine (C=N–C) groups is 1. The van der Waals surface area contributed by atoms with E-state index in [1.165, 1.54) is 0 Å². The Bertz CT molecular complexity index is 379. The molecule has 0 spiro atoms. The van der Waals surface area contributed by atoms with Crippen molar-refractivity contribution in [3.8, 4) is 5.88 Å². The van der Waals surface area contributed by atoms with Gasteiger partial charge in [-0.05, 0) is 26.0 Å². The maximum absolute atomic E-state index is 5.38. The smallest absolute Gasteiger partial charge is 0.247 e. The van der Waals surface area contributed by atoms with E-state index < -0.39 is 0 Å². The Morgan fingerprint density at radius 1 is 1.60 bits per heavy atom. The molecule has 1 N–H and O–H groups in total. The number of ether oxygens (including phenoxy) is 1. The molecule has 0 bridgehead atoms. The number of pyridine rings is 1. The van der Waals surface area contributed by atoms with E-state index >= 15 is 0 Å². The van der Waals surface area contributed by atoms with Crippen LogP contribution in [0.15, 0.2) is 23.3 Å². The second-order valence-corrected chi connectivity index (χ2v) is 3.12. The van der Waals surface area contributed by atoms with E-state index in [9.17, 15) is 0 Å². The minimum Gasteiger partial charge on any atom is -0.477 e. The SMILES string of the molecule is CCOc1ncccc1C1=N[C@H](C)NO1. The van der Waals surface area contributed by atoms with Crippen LogP contribution < -0.4 is 10.2 Å². The van der Waals surface area contributed by atoms with Crippen LogP contribution in [0.25, 0.3) is 0 Å². The molecule has 1 atom stereocenters. The van der Waals surface area contributed by atoms with Crippen LogP contribution in [0.3, 0.4) is 0 Å². The minimum absolute atomic E-state index is 0.0327. The molecule has 1 aromatic rings. The first kappa shape index (κ1) is 9.92. The minimum atomic E-state index is -0.0327. The molecule has 2 rings (SSSR count). The second-order valence-electron chi connectivity index (χ2n) is 3.12. The van der Waals surface area contributed by atoms with Crippen molar-refractivity contribution in [3.63, 3.8) is 0 Å². The zero-order valence-corrected chi connectivity index (χ0v) is 8.73. The van der Waals surface area contributed by atoms with Crippen LogP contribution in [-0.2, 0) is 4.84 Å². The Hall–Kier alpha value is -1.62. The van der Waals surface area contributed by atoms with Gasteiger partial charge in [0.05, 0.1) is 6.61 Å². The summed E-state index contributed by atoms with van der Waals surface area (Å²) in [5.41, 5.74) is 3.52. The summed E-state index contributed by atoms with van der Waals surface area (Å²) in [5.74, 6) is 1.08. The van der Waals surface area contributed by atoms with Crippen molar-refractivity contribution in [2.24, 2.45) is 4.99 Å². The quantitative estimate of drug-likeness (QED) is 0.806. The monoisotopic (exact) mass is 207 g/mol. The molecule has 0 saturated carbocycles. The lowest BCUT2D eigenvalue weighted by molar-refractivity contribution is 0.185. The molecule has 0 saturated heterocycles. The van der Waals surface area contributed by atoms with Crippen LogP contribution in [0.5, 0.6) is 5.88 Å². The van der Waals surface area contributed by atoms with E-state index in [4.69, 9.17) is 9.57 Å². The molecule has 80 valence electrons. The third kappa shape index (κ3) is 2.07. The molecule has 0 aromatic carbocycles. The van der Waals surface area contributed by atoms with E-state index in [-0.39, 0.29) is 6.17 Å². The topological polar surface area (TPSA) is 55.7 Å². The number of rotatable bonds is 3. The summed E-state index contributed by atoms with van der Waals surface area (Å²) in [7, 11) is 0. The summed E-state index contributed by atoms with van der Waals surface area (Å²) in [5, 5.41) is 0. The molecule has 5 heteroatoms. The lowest BCUT2D eigenvalue weighted by Gasteiger charge is -2.06. The van der Waals surface area contributed by atoms with Gasteiger partial charge in [-0.3, -0.25) is 0 Å². The Kier molecular flexibility index (Phi) is 2.82. The number of hydrogen-bond acceptors (Lipinski definition) is 5. The van der Waals surface area contributed by atoms with E-state index in [1.54, 1.807) is 6.20 Å². The highest BCUT2D eigenvalue weighted by Gasteiger charge is 2.19. The standard InChI is InChI=1S/C10H13N3O2/c1-3-14-9-8(5-4-6-11-9)10-12-7(2)13-15-10/h4-7,13H,3H2,1-2H3/t7-/m0/s1. The molecule has 0 aliphatic carbocycles. The van der Waals surface area contributed by atoms with Gasteiger partial charge in [0.2, 0.25) is 11.8 Å². The van der Waals surface area contributed by atoms with E-state index in [0.717, 1.165) is 5.56 Å². The zero-order chi connectivity index (χ0) is 10.7. The summed E-state index contributed by atoms with van der Waals surface area (Å²) < 4.78 is 5.38. The van der Waals surface area contributed by atoms with Crippen LogP contribution in [0.4, 0.5) is 0 Å². The average molecular weight is 207 g/mol. The van der Waals surface area contributed by atoms with Gasteiger partial charge < -0.3 is 9.57 Å². The first-order valence-electron chi connectivity index (χ1n) is 4.89. The lowest BCUT2D eigenvalue weighted by atomic mass is 10.2. The van der Waals surface area contributed by atoms with Crippen molar-refractivity contribution in [3.05, 3.63) is 23.9 Å². The molecular formula is C10H13N3O2. The van der Waals surface area contributed by atoms with Crippen LogP contribution in [-0.4, -0.2) is 23.7 Å². The number of aromatic nitrogens is 1. The molecule has 5 nitrogen and oxygen atoms in total. The van der Waals surface area contributed by atoms with Crippen LogP contribution in [0.1, 0.15) is 19.4 Å². The van der Waals surface area contributed by atoms with Crippen molar-refractivity contribution in [2.45, 2.75) is 20.0 Å². The molecular weight excluding hydrogens is 194 g/mol. The maximum Gasteiger partial charge on any atom is 0.247 e. The summed E-state index contributed by atoms with van der Waals surface area (Å²) in [6.07, 6.45) is 1.65. The van der Waals surface area contributed by atoms with Gasteiger partial charge in [0.25, 0.3) is 0 Å². The predicted molar refractivity (Wildman–Crippen MR) is 55.6 cm³/mol. The first-order valence-corrected chi connectivity index (χ1v) is 4.89. The van der Waals surface area contributed by atoms with Gasteiger partial charge in [-0.1, -0.05) is 0 Å². The van der Waals surface area contributed by atoms with Crippen molar-refractivity contribution in [1.29, 1.82) is 0 Å². The predicted octanol–water partition coefficient (Wildman–Crippen LogP) is 1.11. The number of nitrogens with one attached hydrogen (secondary N) is 1. The Labute approximate surface area is 88.1 Å². The van der Waals surface area contributed by atoms with Crippen LogP contribution in [0.2, 0.25) is 0 Å². The summed E-state index contributed by atoms with van der Waals surface area (Å²) in [6, 6.07) is 3.70. The fourth-order valence-electron chi connectivity index (χ4n) is 1.30. The highest BCUT2D eigenvalue weighted by atomic mass is 16.7. The van der Waals surface area contributed by atoms with Gasteiger partial charge >= 0.3 is 0 Å². The largest absolute Gasteiger partial charge is 0.477 e. The number of hydroxylamine groups is 1. The molecule has 2 heterocycles. The fraction of sp³-hybridized carbons (Fsp3) is 0.400. The Balaban J connectivity index is 2.30. The Morgan fingerprint density at radius 2 is 2.47 bits per heavy atom. The zero-order valence-electron chi connectivity index (χ0n) is 8.73. The normalized spacial score (nSPS) is 19.6. The highest BCUT2D eigenvalue weighted by molar-refractivity contribution is 5.96. The molecule has 15 heavy (non-hydrogen) atoms. The van der Waals surface area contributed by atoms with Gasteiger partial charge in [0.15, 0.2) is 0 Å². The summed E-state index contributed by atoms with van der Waals surface area (Å²) >= 11 is 0. The molecule has 0 amide bonds. The van der Waals surface area contributed by atoms with E-state index in [2.05, 4.69) is 15.5 Å². The van der Waals surface area contributed by atoms with E-state index in [0.29, 0.717) is 18.4 Å². The summed E-state index contributed by atoms with van der Waals surface area (Å²) in [6.45, 7) is 4.39.